The zero-order valence-corrected chi connectivity index (χ0v) is 10.9. The summed E-state index contributed by atoms with van der Waals surface area (Å²) in [6.07, 6.45) is 1.55. The van der Waals surface area contributed by atoms with Gasteiger partial charge in [0.05, 0.1) is 0 Å². The van der Waals surface area contributed by atoms with Crippen molar-refractivity contribution in [1.29, 1.82) is 0 Å². The molecule has 86 valence electrons. The summed E-state index contributed by atoms with van der Waals surface area (Å²) in [6.45, 7) is 0. The molecule has 5 heteroatoms. The molecule has 1 aromatic carbocycles. The number of benzene rings is 1. The molecule has 0 radical (unpaired) electrons. The van der Waals surface area contributed by atoms with Crippen molar-refractivity contribution in [3.05, 3.63) is 51.7 Å². The summed E-state index contributed by atoms with van der Waals surface area (Å²) in [5.74, 6) is 0.284. The SMILES string of the molecule is NC(=O)c1cccnc1Oc1ccc(I)cc1. The minimum Gasteiger partial charge on any atom is -0.438 e. The monoisotopic (exact) mass is 340 g/mol. The number of amides is 1. The van der Waals surface area contributed by atoms with E-state index in [1.54, 1.807) is 30.5 Å². The molecule has 0 aliphatic rings. The third kappa shape index (κ3) is 2.94. The average Bonchev–Trinajstić information content (AvgIpc) is 2.32. The molecule has 1 heterocycles. The highest BCUT2D eigenvalue weighted by molar-refractivity contribution is 14.1. The van der Waals surface area contributed by atoms with Crippen LogP contribution in [0.3, 0.4) is 0 Å². The lowest BCUT2D eigenvalue weighted by Gasteiger charge is -2.07. The van der Waals surface area contributed by atoms with Crippen molar-refractivity contribution in [2.75, 3.05) is 0 Å². The highest BCUT2D eigenvalue weighted by atomic mass is 127. The smallest absolute Gasteiger partial charge is 0.254 e. The van der Waals surface area contributed by atoms with Crippen molar-refractivity contribution >= 4 is 28.5 Å². The summed E-state index contributed by atoms with van der Waals surface area (Å²) in [6, 6.07) is 10.6. The van der Waals surface area contributed by atoms with E-state index in [1.807, 2.05) is 12.1 Å². The van der Waals surface area contributed by atoms with Crippen LogP contribution in [-0.4, -0.2) is 10.9 Å². The van der Waals surface area contributed by atoms with E-state index in [0.717, 1.165) is 3.57 Å². The van der Waals surface area contributed by atoms with E-state index in [4.69, 9.17) is 10.5 Å². The number of aromatic nitrogens is 1. The van der Waals surface area contributed by atoms with Gasteiger partial charge in [-0.2, -0.15) is 0 Å². The molecule has 4 nitrogen and oxygen atoms in total. The van der Waals surface area contributed by atoms with Crippen LogP contribution in [0.1, 0.15) is 10.4 Å². The normalized spacial score (nSPS) is 9.94. The minimum atomic E-state index is -0.557. The summed E-state index contributed by atoms with van der Waals surface area (Å²) >= 11 is 2.20. The number of hydrogen-bond acceptors (Lipinski definition) is 3. The Morgan fingerprint density at radius 3 is 2.59 bits per heavy atom. The zero-order chi connectivity index (χ0) is 12.3. The van der Waals surface area contributed by atoms with Crippen molar-refractivity contribution in [1.82, 2.24) is 4.98 Å². The number of carbonyl (C=O) groups excluding carboxylic acids is 1. The lowest BCUT2D eigenvalue weighted by Crippen LogP contribution is -2.12. The maximum atomic E-state index is 11.2. The van der Waals surface area contributed by atoms with Crippen LogP contribution in [-0.2, 0) is 0 Å². The van der Waals surface area contributed by atoms with Crippen molar-refractivity contribution < 1.29 is 9.53 Å². The fourth-order valence-electron chi connectivity index (χ4n) is 1.27. The Kier molecular flexibility index (Phi) is 3.58. The fraction of sp³-hybridized carbons (Fsp3) is 0. The first kappa shape index (κ1) is 11.8. The van der Waals surface area contributed by atoms with E-state index < -0.39 is 5.91 Å². The number of ether oxygens (including phenoxy) is 1. The molecule has 2 aromatic rings. The van der Waals surface area contributed by atoms with Gasteiger partial charge in [-0.05, 0) is 59.0 Å². The number of carbonyl (C=O) groups is 1. The zero-order valence-electron chi connectivity index (χ0n) is 8.76. The quantitative estimate of drug-likeness (QED) is 0.874. The maximum absolute atomic E-state index is 11.2. The Balaban J connectivity index is 2.30. The van der Waals surface area contributed by atoms with Crippen molar-refractivity contribution in [2.24, 2.45) is 5.73 Å². The summed E-state index contributed by atoms with van der Waals surface area (Å²) in [7, 11) is 0. The molecule has 0 unspecified atom stereocenters. The Morgan fingerprint density at radius 2 is 1.94 bits per heavy atom. The predicted molar refractivity (Wildman–Crippen MR) is 72.0 cm³/mol. The minimum absolute atomic E-state index is 0.223. The summed E-state index contributed by atoms with van der Waals surface area (Å²) in [4.78, 5) is 15.2. The van der Waals surface area contributed by atoms with E-state index in [-0.39, 0.29) is 11.4 Å². The third-order valence-electron chi connectivity index (χ3n) is 2.06. The molecule has 1 aromatic heterocycles. The van der Waals surface area contributed by atoms with E-state index in [1.165, 1.54) is 0 Å². The molecule has 0 fully saturated rings. The first-order valence-electron chi connectivity index (χ1n) is 4.85. The Labute approximate surface area is 112 Å². The van der Waals surface area contributed by atoms with E-state index >= 15 is 0 Å². The van der Waals surface area contributed by atoms with Gasteiger partial charge < -0.3 is 10.5 Å². The highest BCUT2D eigenvalue weighted by Gasteiger charge is 2.10. The molecule has 0 spiro atoms. The van der Waals surface area contributed by atoms with Crippen molar-refractivity contribution in [2.45, 2.75) is 0 Å². The number of hydrogen-bond donors (Lipinski definition) is 1. The van der Waals surface area contributed by atoms with Crippen LogP contribution in [0.15, 0.2) is 42.6 Å². The summed E-state index contributed by atoms with van der Waals surface area (Å²) < 4.78 is 6.61. The molecule has 0 saturated heterocycles. The van der Waals surface area contributed by atoms with Gasteiger partial charge in [-0.1, -0.05) is 0 Å². The fourth-order valence-corrected chi connectivity index (χ4v) is 1.63. The van der Waals surface area contributed by atoms with Gasteiger partial charge in [0.25, 0.3) is 5.91 Å². The molecule has 0 aliphatic heterocycles. The van der Waals surface area contributed by atoms with Gasteiger partial charge >= 0.3 is 0 Å². The van der Waals surface area contributed by atoms with Crippen LogP contribution in [0.5, 0.6) is 11.6 Å². The molecule has 0 atom stereocenters. The molecule has 2 N–H and O–H groups in total. The van der Waals surface area contributed by atoms with Gasteiger partial charge in [0.2, 0.25) is 5.88 Å². The summed E-state index contributed by atoms with van der Waals surface area (Å²) in [5.41, 5.74) is 5.50. The van der Waals surface area contributed by atoms with Gasteiger partial charge in [0.1, 0.15) is 11.3 Å². The summed E-state index contributed by atoms with van der Waals surface area (Å²) in [5, 5.41) is 0. The van der Waals surface area contributed by atoms with Crippen molar-refractivity contribution in [3.63, 3.8) is 0 Å². The number of primary amides is 1. The van der Waals surface area contributed by atoms with Gasteiger partial charge in [-0.15, -0.1) is 0 Å². The number of nitrogens with two attached hydrogens (primary N) is 1. The first-order chi connectivity index (χ1) is 8.16. The Hall–Kier alpha value is -1.63. The molecule has 2 rings (SSSR count). The molecule has 0 aliphatic carbocycles. The lowest BCUT2D eigenvalue weighted by atomic mass is 10.2. The number of rotatable bonds is 3. The Bertz CT molecular complexity index is 540. The maximum Gasteiger partial charge on any atom is 0.254 e. The van der Waals surface area contributed by atoms with Gasteiger partial charge in [-0.25, -0.2) is 4.98 Å². The number of halogens is 1. The van der Waals surface area contributed by atoms with Gasteiger partial charge in [0, 0.05) is 9.77 Å². The Morgan fingerprint density at radius 1 is 1.24 bits per heavy atom. The van der Waals surface area contributed by atoms with Crippen molar-refractivity contribution in [3.8, 4) is 11.6 Å². The average molecular weight is 340 g/mol. The molecule has 17 heavy (non-hydrogen) atoms. The van der Waals surface area contributed by atoms with Crippen LogP contribution < -0.4 is 10.5 Å². The second-order valence-electron chi connectivity index (χ2n) is 3.28. The number of pyridine rings is 1. The third-order valence-corrected chi connectivity index (χ3v) is 2.78. The van der Waals surface area contributed by atoms with E-state index in [2.05, 4.69) is 27.6 Å². The van der Waals surface area contributed by atoms with Crippen LogP contribution in [0, 0.1) is 3.57 Å². The van der Waals surface area contributed by atoms with E-state index in [9.17, 15) is 4.79 Å². The molecule has 0 bridgehead atoms. The van der Waals surface area contributed by atoms with Crippen LogP contribution in [0.4, 0.5) is 0 Å². The molecule has 0 saturated carbocycles. The van der Waals surface area contributed by atoms with Crippen LogP contribution >= 0.6 is 22.6 Å². The molecular formula is C12H9IN2O2. The number of nitrogens with zero attached hydrogens (tertiary/aromatic N) is 1. The highest BCUT2D eigenvalue weighted by Crippen LogP contribution is 2.23. The standard InChI is InChI=1S/C12H9IN2O2/c13-8-3-5-9(6-4-8)17-12-10(11(14)16)2-1-7-15-12/h1-7H,(H2,14,16). The van der Waals surface area contributed by atoms with E-state index in [0.29, 0.717) is 5.75 Å². The lowest BCUT2D eigenvalue weighted by molar-refractivity contribution is 0.0997. The van der Waals surface area contributed by atoms with Gasteiger partial charge in [-0.3, -0.25) is 4.79 Å². The predicted octanol–water partition coefficient (Wildman–Crippen LogP) is 2.58. The van der Waals surface area contributed by atoms with Gasteiger partial charge in [0.15, 0.2) is 0 Å². The van der Waals surface area contributed by atoms with Crippen LogP contribution in [0.25, 0.3) is 0 Å². The topological polar surface area (TPSA) is 65.2 Å². The molecule has 1 amide bonds. The largest absolute Gasteiger partial charge is 0.438 e. The first-order valence-corrected chi connectivity index (χ1v) is 5.93. The van der Waals surface area contributed by atoms with Crippen LogP contribution in [0.2, 0.25) is 0 Å². The second-order valence-corrected chi connectivity index (χ2v) is 4.52. The second kappa shape index (κ2) is 5.13. The molecular weight excluding hydrogens is 331 g/mol.